The number of benzene rings is 1. The van der Waals surface area contributed by atoms with Crippen molar-refractivity contribution in [2.24, 2.45) is 0 Å². The fraction of sp³-hybridized carbons (Fsp3) is 0.174. The van der Waals surface area contributed by atoms with Gasteiger partial charge in [-0.05, 0) is 24.3 Å². The molecule has 0 aliphatic carbocycles. The van der Waals surface area contributed by atoms with Gasteiger partial charge in [-0.2, -0.15) is 0 Å². The normalized spacial score (nSPS) is 15.5. The van der Waals surface area contributed by atoms with Crippen LogP contribution < -0.4 is 10.1 Å². The van der Waals surface area contributed by atoms with Crippen molar-refractivity contribution in [3.05, 3.63) is 67.1 Å². The van der Waals surface area contributed by atoms with Crippen LogP contribution in [0.4, 0.5) is 11.5 Å². The summed E-state index contributed by atoms with van der Waals surface area (Å²) < 4.78 is 11.4. The number of rotatable bonds is 6. The van der Waals surface area contributed by atoms with Crippen molar-refractivity contribution in [1.29, 1.82) is 0 Å². The second-order valence-corrected chi connectivity index (χ2v) is 7.87. The minimum Gasteiger partial charge on any atom is -0.472 e. The van der Waals surface area contributed by atoms with Gasteiger partial charge in [0.1, 0.15) is 18.2 Å². The Hall–Kier alpha value is -3.98. The zero-order valence-corrected chi connectivity index (χ0v) is 18.2. The largest absolute Gasteiger partial charge is 0.472 e. The minimum atomic E-state index is -0.138. The molecule has 166 valence electrons. The van der Waals surface area contributed by atoms with E-state index in [9.17, 15) is 4.79 Å². The van der Waals surface area contributed by atoms with E-state index in [4.69, 9.17) is 20.8 Å². The Morgan fingerprint density at radius 2 is 2.18 bits per heavy atom. The summed E-state index contributed by atoms with van der Waals surface area (Å²) >= 11 is 6.33. The van der Waals surface area contributed by atoms with Gasteiger partial charge >= 0.3 is 0 Å². The van der Waals surface area contributed by atoms with E-state index in [-0.39, 0.29) is 12.0 Å². The number of carbonyl (C=O) groups excluding carboxylic acids is 1. The molecule has 1 fully saturated rings. The summed E-state index contributed by atoms with van der Waals surface area (Å²) in [6.45, 7) is 4.66. The lowest BCUT2D eigenvalue weighted by molar-refractivity contribution is -0.125. The Morgan fingerprint density at radius 3 is 3.00 bits per heavy atom. The fourth-order valence-electron chi connectivity index (χ4n) is 3.71. The Labute approximate surface area is 194 Å². The molecule has 1 amide bonds. The number of fused-ring (bicyclic) bond motifs is 1. The van der Waals surface area contributed by atoms with Gasteiger partial charge in [0.25, 0.3) is 0 Å². The first kappa shape index (κ1) is 20.9. The molecule has 1 unspecified atom stereocenters. The van der Waals surface area contributed by atoms with Gasteiger partial charge in [0.15, 0.2) is 12.2 Å². The monoisotopic (exact) mass is 462 g/mol. The summed E-state index contributed by atoms with van der Waals surface area (Å²) in [6, 6.07) is 7.28. The fourth-order valence-corrected chi connectivity index (χ4v) is 3.92. The molecule has 1 aliphatic rings. The van der Waals surface area contributed by atoms with Gasteiger partial charge in [0, 0.05) is 35.7 Å². The minimum absolute atomic E-state index is 0.0971. The molecule has 5 rings (SSSR count). The predicted molar refractivity (Wildman–Crippen MR) is 123 cm³/mol. The molecule has 3 aromatic heterocycles. The molecule has 33 heavy (non-hydrogen) atoms. The van der Waals surface area contributed by atoms with Crippen molar-refractivity contribution >= 4 is 39.9 Å². The van der Waals surface area contributed by atoms with E-state index >= 15 is 0 Å². The van der Waals surface area contributed by atoms with Crippen LogP contribution in [0.15, 0.2) is 66.5 Å². The highest BCUT2D eigenvalue weighted by Gasteiger charge is 2.26. The van der Waals surface area contributed by atoms with Gasteiger partial charge in [-0.3, -0.25) is 4.79 Å². The number of likely N-dealkylation sites (tertiary alicyclic amines) is 1. The standard InChI is InChI=1S/C23H19ClN6O3/c1-2-22(31)30-6-5-15(11-30)33-21-8-17-19(9-26-21)27-12-28-23(17)29-14-3-4-18(24)16(7-14)20-10-25-13-32-20/h2-4,7-10,12-13,15H,1,5-6,11H2,(H,27,28,29). The van der Waals surface area contributed by atoms with Gasteiger partial charge in [0.05, 0.1) is 29.5 Å². The summed E-state index contributed by atoms with van der Waals surface area (Å²) in [4.78, 5) is 30.5. The Kier molecular flexibility index (Phi) is 5.62. The second kappa shape index (κ2) is 8.87. The molecule has 9 nitrogen and oxygen atoms in total. The molecule has 0 saturated carbocycles. The van der Waals surface area contributed by atoms with Crippen LogP contribution in [0, 0.1) is 0 Å². The number of ether oxygens (including phenoxy) is 1. The van der Waals surface area contributed by atoms with Crippen LogP contribution >= 0.6 is 11.6 Å². The lowest BCUT2D eigenvalue weighted by Crippen LogP contribution is -2.29. The smallest absolute Gasteiger partial charge is 0.246 e. The number of halogens is 1. The average Bonchev–Trinajstić information content (AvgIpc) is 3.53. The maximum absolute atomic E-state index is 11.8. The van der Waals surface area contributed by atoms with Gasteiger partial charge < -0.3 is 19.4 Å². The Bertz CT molecular complexity index is 1330. The molecule has 1 N–H and O–H groups in total. The van der Waals surface area contributed by atoms with Crippen LogP contribution in [-0.4, -0.2) is 49.9 Å². The van der Waals surface area contributed by atoms with E-state index in [1.165, 1.54) is 18.8 Å². The average molecular weight is 463 g/mol. The molecule has 1 atom stereocenters. The number of hydrogen-bond acceptors (Lipinski definition) is 8. The number of aromatic nitrogens is 4. The first-order chi connectivity index (χ1) is 16.1. The zero-order valence-electron chi connectivity index (χ0n) is 17.4. The third kappa shape index (κ3) is 4.35. The molecule has 1 saturated heterocycles. The maximum Gasteiger partial charge on any atom is 0.246 e. The molecule has 4 aromatic rings. The number of pyridine rings is 1. The molecular formula is C23H19ClN6O3. The van der Waals surface area contributed by atoms with Crippen LogP contribution in [0.5, 0.6) is 5.88 Å². The van der Waals surface area contributed by atoms with E-state index in [0.29, 0.717) is 46.7 Å². The van der Waals surface area contributed by atoms with Crippen molar-refractivity contribution in [3.63, 3.8) is 0 Å². The molecule has 1 aromatic carbocycles. The molecule has 0 bridgehead atoms. The number of nitrogens with zero attached hydrogens (tertiary/aromatic N) is 5. The summed E-state index contributed by atoms with van der Waals surface area (Å²) in [5, 5.41) is 4.60. The van der Waals surface area contributed by atoms with Crippen LogP contribution in [0.1, 0.15) is 6.42 Å². The van der Waals surface area contributed by atoms with Gasteiger partial charge in [-0.1, -0.05) is 18.2 Å². The lowest BCUT2D eigenvalue weighted by Gasteiger charge is -2.15. The predicted octanol–water partition coefficient (Wildman–Crippen LogP) is 4.24. The van der Waals surface area contributed by atoms with Crippen molar-refractivity contribution in [2.45, 2.75) is 12.5 Å². The van der Waals surface area contributed by atoms with E-state index in [2.05, 4.69) is 31.8 Å². The number of amides is 1. The number of nitrogens with one attached hydrogen (secondary N) is 1. The van der Waals surface area contributed by atoms with E-state index in [1.54, 1.807) is 29.4 Å². The van der Waals surface area contributed by atoms with Crippen LogP contribution in [0.2, 0.25) is 5.02 Å². The first-order valence-corrected chi connectivity index (χ1v) is 10.6. The molecule has 10 heteroatoms. The van der Waals surface area contributed by atoms with Crippen molar-refractivity contribution in [2.75, 3.05) is 18.4 Å². The summed E-state index contributed by atoms with van der Waals surface area (Å²) in [5.74, 6) is 1.50. The molecule has 4 heterocycles. The number of hydrogen-bond donors (Lipinski definition) is 1. The summed E-state index contributed by atoms with van der Waals surface area (Å²) in [5.41, 5.74) is 2.14. The van der Waals surface area contributed by atoms with Crippen molar-refractivity contribution < 1.29 is 13.9 Å². The van der Waals surface area contributed by atoms with Gasteiger partial charge in [0.2, 0.25) is 11.8 Å². The zero-order chi connectivity index (χ0) is 22.8. The first-order valence-electron chi connectivity index (χ1n) is 10.2. The van der Waals surface area contributed by atoms with E-state index in [1.807, 2.05) is 12.1 Å². The molecule has 0 radical (unpaired) electrons. The second-order valence-electron chi connectivity index (χ2n) is 7.46. The lowest BCUT2D eigenvalue weighted by atomic mass is 10.1. The quantitative estimate of drug-likeness (QED) is 0.424. The van der Waals surface area contributed by atoms with E-state index < -0.39 is 0 Å². The third-order valence-corrected chi connectivity index (χ3v) is 5.67. The van der Waals surface area contributed by atoms with Crippen LogP contribution in [0.25, 0.3) is 22.2 Å². The Morgan fingerprint density at radius 1 is 1.27 bits per heavy atom. The summed E-state index contributed by atoms with van der Waals surface area (Å²) in [7, 11) is 0. The Balaban J connectivity index is 1.40. The van der Waals surface area contributed by atoms with Crippen LogP contribution in [-0.2, 0) is 4.79 Å². The highest BCUT2D eigenvalue weighted by molar-refractivity contribution is 6.33. The topological polar surface area (TPSA) is 106 Å². The number of carbonyl (C=O) groups is 1. The maximum atomic E-state index is 11.8. The molecule has 1 aliphatic heterocycles. The van der Waals surface area contributed by atoms with E-state index in [0.717, 1.165) is 17.5 Å². The van der Waals surface area contributed by atoms with Crippen molar-refractivity contribution in [1.82, 2.24) is 24.8 Å². The van der Waals surface area contributed by atoms with Crippen LogP contribution in [0.3, 0.4) is 0 Å². The SMILES string of the molecule is C=CC(=O)N1CCC(Oc2cc3c(Nc4ccc(Cl)c(-c5cnco5)c4)ncnc3cn2)C1. The number of oxazole rings is 1. The van der Waals surface area contributed by atoms with Crippen molar-refractivity contribution in [3.8, 4) is 17.2 Å². The molecule has 0 spiro atoms. The highest BCUT2D eigenvalue weighted by atomic mass is 35.5. The highest BCUT2D eigenvalue weighted by Crippen LogP contribution is 2.32. The van der Waals surface area contributed by atoms with Gasteiger partial charge in [-0.15, -0.1) is 0 Å². The third-order valence-electron chi connectivity index (χ3n) is 5.34. The summed E-state index contributed by atoms with van der Waals surface area (Å²) in [6.07, 6.45) is 7.97. The number of anilines is 2. The van der Waals surface area contributed by atoms with Gasteiger partial charge in [-0.25, -0.2) is 19.9 Å². The molecular weight excluding hydrogens is 444 g/mol.